The van der Waals surface area contributed by atoms with E-state index < -0.39 is 40.5 Å². The minimum absolute atomic E-state index is 0.0376. The van der Waals surface area contributed by atoms with Gasteiger partial charge in [0.05, 0.1) is 24.8 Å². The topological polar surface area (TPSA) is 117 Å². The summed E-state index contributed by atoms with van der Waals surface area (Å²) in [5, 5.41) is 12.4. The Bertz CT molecular complexity index is 956. The van der Waals surface area contributed by atoms with E-state index in [4.69, 9.17) is 0 Å². The van der Waals surface area contributed by atoms with Crippen LogP contribution in [-0.4, -0.2) is 53.6 Å². The van der Waals surface area contributed by atoms with Crippen molar-refractivity contribution in [3.63, 3.8) is 0 Å². The van der Waals surface area contributed by atoms with Crippen molar-refractivity contribution in [3.05, 3.63) is 41.7 Å². The SMILES string of the molecule is CC(C)C[C@H](CO)Nc1nc(CC(c2ccccc2)C(F)(F)F)nc(NS(C)(=O)=O)n1. The smallest absolute Gasteiger partial charge is 0.394 e. The van der Waals surface area contributed by atoms with E-state index in [1.54, 1.807) is 6.07 Å². The van der Waals surface area contributed by atoms with Gasteiger partial charge in [-0.05, 0) is 17.9 Å². The Balaban J connectivity index is 2.43. The number of hydrogen-bond donors (Lipinski definition) is 3. The van der Waals surface area contributed by atoms with Gasteiger partial charge in [-0.2, -0.15) is 28.1 Å². The fourth-order valence-electron chi connectivity index (χ4n) is 3.01. The van der Waals surface area contributed by atoms with Crippen molar-refractivity contribution >= 4 is 21.9 Å². The third kappa shape index (κ3) is 8.29. The predicted octanol–water partition coefficient (Wildman–Crippen LogP) is 2.95. The van der Waals surface area contributed by atoms with Crippen molar-refractivity contribution in [1.29, 1.82) is 0 Å². The van der Waals surface area contributed by atoms with Crippen LogP contribution in [0.3, 0.4) is 0 Å². The lowest BCUT2D eigenvalue weighted by Crippen LogP contribution is -2.28. The number of aliphatic hydroxyl groups excluding tert-OH is 1. The molecule has 1 unspecified atom stereocenters. The summed E-state index contributed by atoms with van der Waals surface area (Å²) in [6.07, 6.45) is -3.77. The molecule has 3 N–H and O–H groups in total. The molecular weight excluding hydrogens is 435 g/mol. The van der Waals surface area contributed by atoms with Crippen LogP contribution in [0, 0.1) is 5.92 Å². The average Bonchev–Trinajstić information content (AvgIpc) is 2.63. The molecule has 1 aromatic heterocycles. The van der Waals surface area contributed by atoms with Crippen molar-refractivity contribution < 1.29 is 26.7 Å². The number of hydrogen-bond acceptors (Lipinski definition) is 7. The molecule has 31 heavy (non-hydrogen) atoms. The zero-order valence-corrected chi connectivity index (χ0v) is 18.2. The predicted molar refractivity (Wildman–Crippen MR) is 111 cm³/mol. The Morgan fingerprint density at radius 2 is 1.68 bits per heavy atom. The zero-order chi connectivity index (χ0) is 23.2. The lowest BCUT2D eigenvalue weighted by Gasteiger charge is -2.21. The first kappa shape index (κ1) is 24.8. The molecule has 0 radical (unpaired) electrons. The molecule has 2 aromatic rings. The minimum Gasteiger partial charge on any atom is -0.394 e. The van der Waals surface area contributed by atoms with Gasteiger partial charge in [0.15, 0.2) is 0 Å². The maximum Gasteiger partial charge on any atom is 0.396 e. The van der Waals surface area contributed by atoms with Gasteiger partial charge < -0.3 is 10.4 Å². The fourth-order valence-corrected chi connectivity index (χ4v) is 3.43. The lowest BCUT2D eigenvalue weighted by molar-refractivity contribution is -0.150. The van der Waals surface area contributed by atoms with Crippen molar-refractivity contribution in [2.75, 3.05) is 22.9 Å². The summed E-state index contributed by atoms with van der Waals surface area (Å²) in [4.78, 5) is 11.9. The number of sulfonamides is 1. The highest BCUT2D eigenvalue weighted by Crippen LogP contribution is 2.37. The highest BCUT2D eigenvalue weighted by molar-refractivity contribution is 7.91. The van der Waals surface area contributed by atoms with E-state index in [9.17, 15) is 26.7 Å². The molecule has 0 saturated heterocycles. The molecule has 1 aromatic carbocycles. The molecule has 0 saturated carbocycles. The molecule has 0 aliphatic carbocycles. The molecule has 1 heterocycles. The van der Waals surface area contributed by atoms with E-state index in [2.05, 4.69) is 25.0 Å². The van der Waals surface area contributed by atoms with Crippen LogP contribution < -0.4 is 10.0 Å². The Morgan fingerprint density at radius 1 is 1.06 bits per heavy atom. The molecule has 0 fully saturated rings. The second-order valence-corrected chi connectivity index (χ2v) is 9.38. The van der Waals surface area contributed by atoms with E-state index in [0.29, 0.717) is 6.42 Å². The third-order valence-corrected chi connectivity index (χ3v) is 4.81. The van der Waals surface area contributed by atoms with E-state index >= 15 is 0 Å². The summed E-state index contributed by atoms with van der Waals surface area (Å²) >= 11 is 0. The average molecular weight is 462 g/mol. The summed E-state index contributed by atoms with van der Waals surface area (Å²) in [6.45, 7) is 3.62. The molecule has 0 aliphatic heterocycles. The van der Waals surface area contributed by atoms with E-state index in [0.717, 1.165) is 6.26 Å². The monoisotopic (exact) mass is 461 g/mol. The van der Waals surface area contributed by atoms with Crippen LogP contribution in [0.4, 0.5) is 25.1 Å². The normalized spacial score (nSPS) is 14.3. The van der Waals surface area contributed by atoms with Gasteiger partial charge in [0, 0.05) is 6.42 Å². The zero-order valence-electron chi connectivity index (χ0n) is 17.4. The largest absolute Gasteiger partial charge is 0.396 e. The van der Waals surface area contributed by atoms with Gasteiger partial charge in [-0.1, -0.05) is 44.2 Å². The maximum atomic E-state index is 13.7. The number of aromatic nitrogens is 3. The van der Waals surface area contributed by atoms with Crippen molar-refractivity contribution in [2.24, 2.45) is 5.92 Å². The Morgan fingerprint density at radius 3 is 2.19 bits per heavy atom. The number of rotatable bonds is 10. The molecule has 0 bridgehead atoms. The molecule has 0 aliphatic rings. The van der Waals surface area contributed by atoms with Crippen LogP contribution in [-0.2, 0) is 16.4 Å². The summed E-state index contributed by atoms with van der Waals surface area (Å²) in [5.74, 6) is -2.43. The van der Waals surface area contributed by atoms with E-state index in [1.165, 1.54) is 24.3 Å². The van der Waals surface area contributed by atoms with Crippen LogP contribution >= 0.6 is 0 Å². The Hall–Kier alpha value is -2.47. The quantitative estimate of drug-likeness (QED) is 0.498. The number of nitrogens with zero attached hydrogens (tertiary/aromatic N) is 3. The first-order valence-electron chi connectivity index (χ1n) is 9.59. The van der Waals surface area contributed by atoms with Gasteiger partial charge >= 0.3 is 6.18 Å². The van der Waals surface area contributed by atoms with Crippen LogP contribution in [0.1, 0.15) is 37.6 Å². The van der Waals surface area contributed by atoms with Gasteiger partial charge in [0.25, 0.3) is 0 Å². The highest BCUT2D eigenvalue weighted by atomic mass is 32.2. The molecule has 172 valence electrons. The summed E-state index contributed by atoms with van der Waals surface area (Å²) in [7, 11) is -3.77. The summed E-state index contributed by atoms with van der Waals surface area (Å²) in [6, 6.07) is 6.87. The number of alkyl halides is 3. The minimum atomic E-state index is -4.57. The molecule has 2 atom stereocenters. The molecule has 12 heteroatoms. The maximum absolute atomic E-state index is 13.7. The molecule has 0 amide bonds. The van der Waals surface area contributed by atoms with E-state index in [1.807, 2.05) is 13.8 Å². The van der Waals surface area contributed by atoms with Crippen LogP contribution in [0.25, 0.3) is 0 Å². The number of nitrogens with one attached hydrogen (secondary N) is 2. The number of benzene rings is 1. The first-order chi connectivity index (χ1) is 14.4. The second kappa shape index (κ2) is 10.2. The molecule has 0 spiro atoms. The molecule has 2 rings (SSSR count). The third-order valence-electron chi connectivity index (χ3n) is 4.25. The Labute approximate surface area is 179 Å². The van der Waals surface area contributed by atoms with Crippen LogP contribution in [0.2, 0.25) is 0 Å². The van der Waals surface area contributed by atoms with Crippen molar-refractivity contribution in [2.45, 2.75) is 44.8 Å². The Kier molecular flexibility index (Phi) is 8.18. The van der Waals surface area contributed by atoms with Gasteiger partial charge in [-0.25, -0.2) is 8.42 Å². The van der Waals surface area contributed by atoms with Crippen molar-refractivity contribution in [1.82, 2.24) is 15.0 Å². The lowest BCUT2D eigenvalue weighted by atomic mass is 9.95. The number of anilines is 2. The fraction of sp³-hybridized carbons (Fsp3) is 0.526. The van der Waals surface area contributed by atoms with E-state index in [-0.39, 0.29) is 29.9 Å². The number of aliphatic hydroxyl groups is 1. The molecular formula is C19H26F3N5O3S. The molecule has 8 nitrogen and oxygen atoms in total. The van der Waals surface area contributed by atoms with Gasteiger partial charge in [-0.3, -0.25) is 4.72 Å². The van der Waals surface area contributed by atoms with Gasteiger partial charge in [0.1, 0.15) is 5.82 Å². The summed E-state index contributed by atoms with van der Waals surface area (Å²) < 4.78 is 66.5. The first-order valence-corrected chi connectivity index (χ1v) is 11.5. The summed E-state index contributed by atoms with van der Waals surface area (Å²) in [5.41, 5.74) is 0.0376. The highest BCUT2D eigenvalue weighted by Gasteiger charge is 2.41. The van der Waals surface area contributed by atoms with Crippen molar-refractivity contribution in [3.8, 4) is 0 Å². The second-order valence-electron chi connectivity index (χ2n) is 7.64. The van der Waals surface area contributed by atoms with Gasteiger partial charge in [0.2, 0.25) is 21.9 Å². The standard InChI is InChI=1S/C19H26F3N5O3S/c1-12(2)9-14(11-28)23-17-24-16(25-18(26-17)27-31(3,29)30)10-15(19(20,21)22)13-7-5-4-6-8-13/h4-8,12,14-15,28H,9-11H2,1-3H3,(H2,23,24,25,26,27)/t14-,15?/m1/s1. The van der Waals surface area contributed by atoms with Crippen LogP contribution in [0.15, 0.2) is 30.3 Å². The van der Waals surface area contributed by atoms with Gasteiger partial charge in [-0.15, -0.1) is 0 Å². The van der Waals surface area contributed by atoms with Crippen LogP contribution in [0.5, 0.6) is 0 Å². The number of halogens is 3.